The summed E-state index contributed by atoms with van der Waals surface area (Å²) in [5.41, 5.74) is 1.05. The summed E-state index contributed by atoms with van der Waals surface area (Å²) < 4.78 is 13.6. The van der Waals surface area contributed by atoms with Crippen LogP contribution in [0.15, 0.2) is 53.4 Å². The summed E-state index contributed by atoms with van der Waals surface area (Å²) in [6, 6.07) is 14.4. The van der Waals surface area contributed by atoms with Crippen molar-refractivity contribution < 1.29 is 9.18 Å². The van der Waals surface area contributed by atoms with Crippen LogP contribution in [0.5, 0.6) is 0 Å². The monoisotopic (exact) mass is 275 g/mol. The highest BCUT2D eigenvalue weighted by molar-refractivity contribution is 8.00. The van der Waals surface area contributed by atoms with Gasteiger partial charge in [-0.05, 0) is 36.8 Å². The van der Waals surface area contributed by atoms with E-state index in [1.165, 1.54) is 17.8 Å². The minimum absolute atomic E-state index is 0.211. The summed E-state index contributed by atoms with van der Waals surface area (Å²) >= 11 is 1.42. The van der Waals surface area contributed by atoms with E-state index in [9.17, 15) is 9.18 Å². The number of carbonyl (C=O) groups is 1. The molecule has 2 rings (SSSR count). The third-order valence-electron chi connectivity index (χ3n) is 2.51. The van der Waals surface area contributed by atoms with E-state index in [1.807, 2.05) is 30.3 Å². The van der Waals surface area contributed by atoms with Crippen LogP contribution in [0.2, 0.25) is 0 Å². The van der Waals surface area contributed by atoms with Crippen LogP contribution >= 0.6 is 11.8 Å². The molecular weight excluding hydrogens is 261 g/mol. The number of nitrogens with one attached hydrogen (secondary N) is 1. The lowest BCUT2D eigenvalue weighted by Crippen LogP contribution is -2.15. The first-order valence-corrected chi connectivity index (χ1v) is 6.87. The first-order valence-electron chi connectivity index (χ1n) is 5.89. The maximum atomic E-state index is 13.6. The van der Waals surface area contributed by atoms with Gasteiger partial charge in [0.2, 0.25) is 5.91 Å². The molecule has 1 amide bonds. The van der Waals surface area contributed by atoms with Gasteiger partial charge in [0, 0.05) is 4.90 Å². The molecule has 0 radical (unpaired) electrons. The summed E-state index contributed by atoms with van der Waals surface area (Å²) in [5, 5.41) is 2.57. The molecule has 98 valence electrons. The second kappa shape index (κ2) is 6.38. The molecule has 4 heteroatoms. The lowest BCUT2D eigenvalue weighted by atomic mass is 10.2. The number of benzene rings is 2. The van der Waals surface area contributed by atoms with E-state index >= 15 is 0 Å². The smallest absolute Gasteiger partial charge is 0.234 e. The van der Waals surface area contributed by atoms with Crippen molar-refractivity contribution in [2.75, 3.05) is 11.1 Å². The van der Waals surface area contributed by atoms with E-state index in [0.29, 0.717) is 0 Å². The fourth-order valence-corrected chi connectivity index (χ4v) is 2.29. The van der Waals surface area contributed by atoms with Crippen LogP contribution in [0.25, 0.3) is 0 Å². The number of carbonyl (C=O) groups excluding carboxylic acids is 1. The van der Waals surface area contributed by atoms with Gasteiger partial charge in [0.15, 0.2) is 0 Å². The summed E-state index contributed by atoms with van der Waals surface area (Å²) in [6.07, 6.45) is 0. The lowest BCUT2D eigenvalue weighted by Gasteiger charge is -2.07. The van der Waals surface area contributed by atoms with Crippen LogP contribution in [-0.4, -0.2) is 11.7 Å². The Morgan fingerprint density at radius 1 is 1.21 bits per heavy atom. The van der Waals surface area contributed by atoms with Crippen molar-refractivity contribution in [1.82, 2.24) is 0 Å². The van der Waals surface area contributed by atoms with E-state index in [0.717, 1.165) is 10.5 Å². The predicted octanol–water partition coefficient (Wildman–Crippen LogP) is 3.86. The van der Waals surface area contributed by atoms with Crippen LogP contribution in [0, 0.1) is 12.7 Å². The summed E-state index contributed by atoms with van der Waals surface area (Å²) in [5.74, 6) is -0.355. The van der Waals surface area contributed by atoms with Crippen LogP contribution in [-0.2, 0) is 4.79 Å². The molecule has 0 aliphatic carbocycles. The van der Waals surface area contributed by atoms with Crippen LogP contribution in [0.3, 0.4) is 0 Å². The fourth-order valence-electron chi connectivity index (χ4n) is 1.57. The molecule has 0 aliphatic heterocycles. The molecule has 0 heterocycles. The average molecular weight is 275 g/mol. The van der Waals surface area contributed by atoms with Crippen molar-refractivity contribution in [1.29, 1.82) is 0 Å². The molecule has 0 spiro atoms. The van der Waals surface area contributed by atoms with E-state index in [-0.39, 0.29) is 17.3 Å². The molecule has 0 atom stereocenters. The quantitative estimate of drug-likeness (QED) is 0.858. The van der Waals surface area contributed by atoms with Gasteiger partial charge in [-0.15, -0.1) is 11.8 Å². The van der Waals surface area contributed by atoms with Crippen molar-refractivity contribution in [3.63, 3.8) is 0 Å². The van der Waals surface area contributed by atoms with E-state index < -0.39 is 5.82 Å². The first kappa shape index (κ1) is 13.6. The SMILES string of the molecule is Cc1ccc(NC(=O)CSc2ccccc2)c(F)c1. The zero-order valence-electron chi connectivity index (χ0n) is 10.5. The number of hydrogen-bond donors (Lipinski definition) is 1. The topological polar surface area (TPSA) is 29.1 Å². The summed E-state index contributed by atoms with van der Waals surface area (Å²) in [6.45, 7) is 1.81. The van der Waals surface area contributed by atoms with E-state index in [2.05, 4.69) is 5.32 Å². The van der Waals surface area contributed by atoms with Gasteiger partial charge in [-0.1, -0.05) is 24.3 Å². The standard InChI is InChI=1S/C15H14FNOS/c1-11-7-8-14(13(16)9-11)17-15(18)10-19-12-5-3-2-4-6-12/h2-9H,10H2,1H3,(H,17,18). The number of anilines is 1. The van der Waals surface area contributed by atoms with Gasteiger partial charge in [-0.2, -0.15) is 0 Å². The fraction of sp³-hybridized carbons (Fsp3) is 0.133. The van der Waals surface area contributed by atoms with Crippen molar-refractivity contribution in [3.05, 3.63) is 59.9 Å². The van der Waals surface area contributed by atoms with E-state index in [4.69, 9.17) is 0 Å². The minimum atomic E-state index is -0.405. The molecule has 0 saturated heterocycles. The molecule has 0 aliphatic rings. The molecule has 0 fully saturated rings. The van der Waals surface area contributed by atoms with Gasteiger partial charge < -0.3 is 5.32 Å². The molecule has 2 aromatic rings. The molecule has 2 aromatic carbocycles. The normalized spacial score (nSPS) is 10.2. The molecular formula is C15H14FNOS. The lowest BCUT2D eigenvalue weighted by molar-refractivity contribution is -0.113. The number of amides is 1. The Bertz CT molecular complexity index is 572. The van der Waals surface area contributed by atoms with Gasteiger partial charge in [0.1, 0.15) is 5.82 Å². The Kier molecular flexibility index (Phi) is 4.58. The second-order valence-corrected chi connectivity index (χ2v) is 5.18. The van der Waals surface area contributed by atoms with Crippen LogP contribution < -0.4 is 5.32 Å². The third kappa shape index (κ3) is 4.10. The summed E-state index contributed by atoms with van der Waals surface area (Å²) in [7, 11) is 0. The molecule has 0 saturated carbocycles. The van der Waals surface area contributed by atoms with Crippen molar-refractivity contribution in [3.8, 4) is 0 Å². The number of aryl methyl sites for hydroxylation is 1. The maximum Gasteiger partial charge on any atom is 0.234 e. The van der Waals surface area contributed by atoms with Gasteiger partial charge in [-0.25, -0.2) is 4.39 Å². The molecule has 1 N–H and O–H groups in total. The van der Waals surface area contributed by atoms with Crippen LogP contribution in [0.4, 0.5) is 10.1 Å². The molecule has 19 heavy (non-hydrogen) atoms. The number of rotatable bonds is 4. The van der Waals surface area contributed by atoms with Crippen LogP contribution in [0.1, 0.15) is 5.56 Å². The Balaban J connectivity index is 1.91. The maximum absolute atomic E-state index is 13.6. The third-order valence-corrected chi connectivity index (χ3v) is 3.52. The minimum Gasteiger partial charge on any atom is -0.323 e. The highest BCUT2D eigenvalue weighted by Crippen LogP contribution is 2.19. The molecule has 0 aromatic heterocycles. The largest absolute Gasteiger partial charge is 0.323 e. The van der Waals surface area contributed by atoms with Crippen molar-refractivity contribution in [2.24, 2.45) is 0 Å². The molecule has 2 nitrogen and oxygen atoms in total. The number of thioether (sulfide) groups is 1. The average Bonchev–Trinajstić information content (AvgIpc) is 2.41. The van der Waals surface area contributed by atoms with Gasteiger partial charge in [0.05, 0.1) is 11.4 Å². The molecule has 0 unspecified atom stereocenters. The Hall–Kier alpha value is -1.81. The Morgan fingerprint density at radius 3 is 2.63 bits per heavy atom. The molecule has 0 bridgehead atoms. The van der Waals surface area contributed by atoms with Gasteiger partial charge in [-0.3, -0.25) is 4.79 Å². The number of hydrogen-bond acceptors (Lipinski definition) is 2. The second-order valence-electron chi connectivity index (χ2n) is 4.13. The van der Waals surface area contributed by atoms with E-state index in [1.54, 1.807) is 19.1 Å². The Labute approximate surface area is 116 Å². The zero-order valence-corrected chi connectivity index (χ0v) is 11.3. The van der Waals surface area contributed by atoms with Crippen molar-refractivity contribution >= 4 is 23.4 Å². The predicted molar refractivity (Wildman–Crippen MR) is 76.9 cm³/mol. The zero-order chi connectivity index (χ0) is 13.7. The highest BCUT2D eigenvalue weighted by Gasteiger charge is 2.07. The highest BCUT2D eigenvalue weighted by atomic mass is 32.2. The Morgan fingerprint density at radius 2 is 1.95 bits per heavy atom. The summed E-state index contributed by atoms with van der Waals surface area (Å²) in [4.78, 5) is 12.7. The van der Waals surface area contributed by atoms with Gasteiger partial charge >= 0.3 is 0 Å². The van der Waals surface area contributed by atoms with Gasteiger partial charge in [0.25, 0.3) is 0 Å². The van der Waals surface area contributed by atoms with Crippen molar-refractivity contribution in [2.45, 2.75) is 11.8 Å². The first-order chi connectivity index (χ1) is 9.15. The number of halogens is 1.